The zero-order valence-electron chi connectivity index (χ0n) is 10.5. The van der Waals surface area contributed by atoms with Crippen molar-refractivity contribution < 1.29 is 9.31 Å². The Bertz CT molecular complexity index is 617. The predicted octanol–water partition coefficient (Wildman–Crippen LogP) is 3.68. The maximum absolute atomic E-state index is 13.0. The summed E-state index contributed by atoms with van der Waals surface area (Å²) >= 11 is 5.69. The van der Waals surface area contributed by atoms with E-state index in [1.54, 1.807) is 24.3 Å². The Morgan fingerprint density at radius 1 is 1.10 bits per heavy atom. The van der Waals surface area contributed by atoms with Gasteiger partial charge in [-0.05, 0) is 23.3 Å². The third-order valence-corrected chi connectivity index (χ3v) is 3.08. The third kappa shape index (κ3) is 3.76. The Hall–Kier alpha value is -1.98. The van der Waals surface area contributed by atoms with Crippen molar-refractivity contribution in [2.45, 2.75) is 13.1 Å². The number of halogens is 2. The van der Waals surface area contributed by atoms with Crippen LogP contribution in [-0.4, -0.2) is 4.92 Å². The number of hydrogen-bond donors (Lipinski definition) is 1. The van der Waals surface area contributed by atoms with Crippen molar-refractivity contribution in [3.05, 3.63) is 74.5 Å². The van der Waals surface area contributed by atoms with E-state index in [1.807, 2.05) is 0 Å². The largest absolute Gasteiger partial charge is 0.309 e. The number of nitro benzene ring substituents is 1. The van der Waals surface area contributed by atoms with E-state index in [0.29, 0.717) is 13.1 Å². The van der Waals surface area contributed by atoms with Crippen molar-refractivity contribution >= 4 is 17.3 Å². The Kier molecular flexibility index (Phi) is 4.65. The van der Waals surface area contributed by atoms with E-state index in [1.165, 1.54) is 18.2 Å². The molecule has 0 amide bonds. The molecule has 0 spiro atoms. The molecule has 0 saturated heterocycles. The topological polar surface area (TPSA) is 55.2 Å². The summed E-state index contributed by atoms with van der Waals surface area (Å²) in [5.41, 5.74) is 1.88. The van der Waals surface area contributed by atoms with Crippen molar-refractivity contribution in [2.75, 3.05) is 0 Å². The number of benzene rings is 2. The summed E-state index contributed by atoms with van der Waals surface area (Å²) in [6.07, 6.45) is 0. The Morgan fingerprint density at radius 2 is 1.70 bits per heavy atom. The van der Waals surface area contributed by atoms with Crippen LogP contribution in [0.5, 0.6) is 0 Å². The first-order chi connectivity index (χ1) is 9.56. The standard InChI is InChI=1S/C14H12ClFN2O2/c15-13-7-11(3-6-14(13)16)9-17-8-10-1-4-12(5-2-10)18(19)20/h1-7,17H,8-9H2. The van der Waals surface area contributed by atoms with Gasteiger partial charge in [-0.1, -0.05) is 29.8 Å². The average Bonchev–Trinajstić information content (AvgIpc) is 2.43. The SMILES string of the molecule is O=[N+]([O-])c1ccc(CNCc2ccc(F)c(Cl)c2)cc1. The summed E-state index contributed by atoms with van der Waals surface area (Å²) in [5, 5.41) is 13.8. The molecule has 6 heteroatoms. The van der Waals surface area contributed by atoms with Gasteiger partial charge in [0.2, 0.25) is 0 Å². The van der Waals surface area contributed by atoms with Crippen LogP contribution in [0.4, 0.5) is 10.1 Å². The summed E-state index contributed by atoms with van der Waals surface area (Å²) in [6, 6.07) is 10.9. The van der Waals surface area contributed by atoms with Crippen LogP contribution >= 0.6 is 11.6 Å². The molecule has 0 atom stereocenters. The second kappa shape index (κ2) is 6.45. The van der Waals surface area contributed by atoms with Crippen LogP contribution in [0.1, 0.15) is 11.1 Å². The maximum Gasteiger partial charge on any atom is 0.269 e. The third-order valence-electron chi connectivity index (χ3n) is 2.79. The number of nitro groups is 1. The fraction of sp³-hybridized carbons (Fsp3) is 0.143. The van der Waals surface area contributed by atoms with Gasteiger partial charge in [-0.3, -0.25) is 10.1 Å². The molecule has 0 aliphatic heterocycles. The lowest BCUT2D eigenvalue weighted by Gasteiger charge is -2.06. The molecule has 0 radical (unpaired) electrons. The van der Waals surface area contributed by atoms with E-state index in [4.69, 9.17) is 11.6 Å². The summed E-state index contributed by atoms with van der Waals surface area (Å²) in [5.74, 6) is -0.439. The van der Waals surface area contributed by atoms with Crippen molar-refractivity contribution in [3.63, 3.8) is 0 Å². The number of nitrogens with one attached hydrogen (secondary N) is 1. The van der Waals surface area contributed by atoms with Gasteiger partial charge in [0.1, 0.15) is 5.82 Å². The van der Waals surface area contributed by atoms with Crippen molar-refractivity contribution in [1.29, 1.82) is 0 Å². The molecule has 1 N–H and O–H groups in total. The molecule has 0 saturated carbocycles. The fourth-order valence-electron chi connectivity index (χ4n) is 1.74. The van der Waals surface area contributed by atoms with Crippen LogP contribution in [0.3, 0.4) is 0 Å². The molecule has 0 aromatic heterocycles. The van der Waals surface area contributed by atoms with Crippen LogP contribution in [0.2, 0.25) is 5.02 Å². The lowest BCUT2D eigenvalue weighted by atomic mass is 10.2. The van der Waals surface area contributed by atoms with Crippen molar-refractivity contribution in [1.82, 2.24) is 5.32 Å². The quantitative estimate of drug-likeness (QED) is 0.676. The van der Waals surface area contributed by atoms with Crippen LogP contribution in [0, 0.1) is 15.9 Å². The smallest absolute Gasteiger partial charge is 0.269 e. The van der Waals surface area contributed by atoms with Gasteiger partial charge in [0.05, 0.1) is 9.95 Å². The summed E-state index contributed by atoms with van der Waals surface area (Å²) in [4.78, 5) is 10.1. The highest BCUT2D eigenvalue weighted by Crippen LogP contribution is 2.16. The Morgan fingerprint density at radius 3 is 2.30 bits per heavy atom. The summed E-state index contributed by atoms with van der Waals surface area (Å²) in [7, 11) is 0. The molecular weight excluding hydrogens is 283 g/mol. The van der Waals surface area contributed by atoms with Crippen LogP contribution in [-0.2, 0) is 13.1 Å². The van der Waals surface area contributed by atoms with Crippen molar-refractivity contribution in [2.24, 2.45) is 0 Å². The molecule has 2 rings (SSSR count). The first kappa shape index (κ1) is 14.4. The number of non-ortho nitro benzene ring substituents is 1. The van der Waals surface area contributed by atoms with E-state index in [0.717, 1.165) is 11.1 Å². The molecule has 2 aromatic carbocycles. The van der Waals surface area contributed by atoms with Crippen LogP contribution < -0.4 is 5.32 Å². The van der Waals surface area contributed by atoms with E-state index in [-0.39, 0.29) is 10.7 Å². The van der Waals surface area contributed by atoms with E-state index >= 15 is 0 Å². The first-order valence-electron chi connectivity index (χ1n) is 5.94. The van der Waals surface area contributed by atoms with Gasteiger partial charge < -0.3 is 5.32 Å². The van der Waals surface area contributed by atoms with E-state index in [2.05, 4.69) is 5.32 Å². The second-order valence-electron chi connectivity index (χ2n) is 4.28. The van der Waals surface area contributed by atoms with Gasteiger partial charge >= 0.3 is 0 Å². The molecule has 0 aliphatic rings. The highest BCUT2D eigenvalue weighted by Gasteiger charge is 2.04. The first-order valence-corrected chi connectivity index (χ1v) is 6.32. The lowest BCUT2D eigenvalue weighted by molar-refractivity contribution is -0.384. The normalized spacial score (nSPS) is 10.5. The number of hydrogen-bond acceptors (Lipinski definition) is 3. The van der Waals surface area contributed by atoms with Gasteiger partial charge in [0.15, 0.2) is 0 Å². The molecular formula is C14H12ClFN2O2. The van der Waals surface area contributed by atoms with E-state index < -0.39 is 10.7 Å². The minimum absolute atomic E-state index is 0.0686. The molecule has 2 aromatic rings. The molecule has 0 aliphatic carbocycles. The Balaban J connectivity index is 1.89. The monoisotopic (exact) mass is 294 g/mol. The molecule has 0 heterocycles. The molecule has 0 fully saturated rings. The zero-order valence-corrected chi connectivity index (χ0v) is 11.2. The van der Waals surface area contributed by atoms with Gasteiger partial charge in [0.25, 0.3) is 5.69 Å². The molecule has 4 nitrogen and oxygen atoms in total. The maximum atomic E-state index is 13.0. The minimum Gasteiger partial charge on any atom is -0.309 e. The molecule has 104 valence electrons. The molecule has 20 heavy (non-hydrogen) atoms. The van der Waals surface area contributed by atoms with Crippen LogP contribution in [0.15, 0.2) is 42.5 Å². The highest BCUT2D eigenvalue weighted by molar-refractivity contribution is 6.30. The van der Waals surface area contributed by atoms with Gasteiger partial charge in [-0.2, -0.15) is 0 Å². The number of nitrogens with zero attached hydrogens (tertiary/aromatic N) is 1. The van der Waals surface area contributed by atoms with Crippen molar-refractivity contribution in [3.8, 4) is 0 Å². The lowest BCUT2D eigenvalue weighted by Crippen LogP contribution is -2.12. The van der Waals surface area contributed by atoms with Crippen LogP contribution in [0.25, 0.3) is 0 Å². The zero-order chi connectivity index (χ0) is 14.5. The summed E-state index contributed by atoms with van der Waals surface area (Å²) < 4.78 is 13.0. The molecule has 0 bridgehead atoms. The molecule has 0 unspecified atom stereocenters. The number of rotatable bonds is 5. The van der Waals surface area contributed by atoms with Gasteiger partial charge in [0, 0.05) is 25.2 Å². The Labute approximate surface area is 120 Å². The second-order valence-corrected chi connectivity index (χ2v) is 4.68. The highest BCUT2D eigenvalue weighted by atomic mass is 35.5. The summed E-state index contributed by atoms with van der Waals surface area (Å²) in [6.45, 7) is 1.10. The fourth-order valence-corrected chi connectivity index (χ4v) is 1.94. The van der Waals surface area contributed by atoms with E-state index in [9.17, 15) is 14.5 Å². The minimum atomic E-state index is -0.439. The predicted molar refractivity (Wildman–Crippen MR) is 75.1 cm³/mol. The average molecular weight is 295 g/mol. The van der Waals surface area contributed by atoms with Gasteiger partial charge in [-0.25, -0.2) is 4.39 Å². The van der Waals surface area contributed by atoms with Gasteiger partial charge in [-0.15, -0.1) is 0 Å².